The Balaban J connectivity index is 2.21. The average molecular weight is 332 g/mol. The van der Waals surface area contributed by atoms with Crippen LogP contribution in [0.1, 0.15) is 19.8 Å². The standard InChI is InChI=1S/C14H18ClNO4S/c1-2-20-14(17)11-6-5-9-16(10-11)21(18,19)13-8-4-3-7-12(13)15/h3-4,7-8,11H,2,5-6,9-10H2,1H3/t11-/m0/s1. The van der Waals surface area contributed by atoms with Gasteiger partial charge in [-0.1, -0.05) is 23.7 Å². The predicted octanol–water partition coefficient (Wildman–Crippen LogP) is 2.30. The molecule has 0 unspecified atom stereocenters. The van der Waals surface area contributed by atoms with Crippen LogP contribution in [0, 0.1) is 5.92 Å². The second kappa shape index (κ2) is 6.77. The first-order valence-electron chi connectivity index (χ1n) is 6.88. The van der Waals surface area contributed by atoms with Crippen molar-refractivity contribution >= 4 is 27.6 Å². The molecule has 116 valence electrons. The van der Waals surface area contributed by atoms with Gasteiger partial charge in [-0.2, -0.15) is 4.31 Å². The summed E-state index contributed by atoms with van der Waals surface area (Å²) in [6, 6.07) is 6.33. The van der Waals surface area contributed by atoms with Gasteiger partial charge >= 0.3 is 5.97 Å². The van der Waals surface area contributed by atoms with Crippen LogP contribution in [-0.2, 0) is 19.6 Å². The number of sulfonamides is 1. The van der Waals surface area contributed by atoms with Crippen LogP contribution >= 0.6 is 11.6 Å². The van der Waals surface area contributed by atoms with E-state index in [2.05, 4.69) is 0 Å². The van der Waals surface area contributed by atoms with E-state index in [1.807, 2.05) is 0 Å². The lowest BCUT2D eigenvalue weighted by Crippen LogP contribution is -2.42. The summed E-state index contributed by atoms with van der Waals surface area (Å²) in [7, 11) is -3.68. The van der Waals surface area contributed by atoms with E-state index in [1.54, 1.807) is 25.1 Å². The summed E-state index contributed by atoms with van der Waals surface area (Å²) in [4.78, 5) is 11.9. The molecule has 1 aromatic rings. The summed E-state index contributed by atoms with van der Waals surface area (Å²) in [5, 5.41) is 0.191. The molecule has 2 rings (SSSR count). The largest absolute Gasteiger partial charge is 0.466 e. The van der Waals surface area contributed by atoms with Gasteiger partial charge in [0.15, 0.2) is 0 Å². The molecule has 0 spiro atoms. The number of esters is 1. The third kappa shape index (κ3) is 3.56. The molecule has 7 heteroatoms. The van der Waals surface area contributed by atoms with Gasteiger partial charge in [-0.25, -0.2) is 8.42 Å². The number of ether oxygens (including phenoxy) is 1. The van der Waals surface area contributed by atoms with Crippen LogP contribution in [0.15, 0.2) is 29.2 Å². The van der Waals surface area contributed by atoms with Crippen LogP contribution in [0.25, 0.3) is 0 Å². The predicted molar refractivity (Wildman–Crippen MR) is 79.6 cm³/mol. The van der Waals surface area contributed by atoms with Gasteiger partial charge in [0.05, 0.1) is 17.5 Å². The summed E-state index contributed by atoms with van der Waals surface area (Å²) in [5.74, 6) is -0.743. The number of nitrogens with zero attached hydrogens (tertiary/aromatic N) is 1. The van der Waals surface area contributed by atoms with Crippen LogP contribution in [-0.4, -0.2) is 38.4 Å². The maximum atomic E-state index is 12.6. The quantitative estimate of drug-likeness (QED) is 0.794. The molecule has 1 fully saturated rings. The van der Waals surface area contributed by atoms with Gasteiger partial charge in [0, 0.05) is 13.1 Å². The number of carbonyl (C=O) groups is 1. The van der Waals surface area contributed by atoms with E-state index in [9.17, 15) is 13.2 Å². The van der Waals surface area contributed by atoms with Crippen LogP contribution in [0.4, 0.5) is 0 Å². The normalized spacial score (nSPS) is 20.2. The second-order valence-electron chi connectivity index (χ2n) is 4.88. The van der Waals surface area contributed by atoms with Crippen LogP contribution in [0.5, 0.6) is 0 Å². The molecular weight excluding hydrogens is 314 g/mol. The second-order valence-corrected chi connectivity index (χ2v) is 7.20. The summed E-state index contributed by atoms with van der Waals surface area (Å²) < 4.78 is 31.6. The van der Waals surface area contributed by atoms with Crippen LogP contribution in [0.3, 0.4) is 0 Å². The van der Waals surface area contributed by atoms with Crippen molar-refractivity contribution in [3.05, 3.63) is 29.3 Å². The van der Waals surface area contributed by atoms with E-state index in [0.717, 1.165) is 0 Å². The van der Waals surface area contributed by atoms with E-state index in [1.165, 1.54) is 10.4 Å². The SMILES string of the molecule is CCOC(=O)[C@H]1CCCN(S(=O)(=O)c2ccccc2Cl)C1. The van der Waals surface area contributed by atoms with Crippen molar-refractivity contribution in [2.45, 2.75) is 24.7 Å². The molecule has 1 saturated heterocycles. The third-order valence-corrected chi connectivity index (χ3v) is 5.82. The van der Waals surface area contributed by atoms with Crippen molar-refractivity contribution in [1.82, 2.24) is 4.31 Å². The van der Waals surface area contributed by atoms with Crippen molar-refractivity contribution in [3.63, 3.8) is 0 Å². The molecule has 1 heterocycles. The van der Waals surface area contributed by atoms with E-state index < -0.39 is 15.9 Å². The fourth-order valence-corrected chi connectivity index (χ4v) is 4.42. The topological polar surface area (TPSA) is 63.7 Å². The van der Waals surface area contributed by atoms with Gasteiger partial charge < -0.3 is 4.74 Å². The molecule has 0 saturated carbocycles. The highest BCUT2D eigenvalue weighted by Gasteiger charge is 2.34. The Morgan fingerprint density at radius 3 is 2.81 bits per heavy atom. The number of hydrogen-bond acceptors (Lipinski definition) is 4. The monoisotopic (exact) mass is 331 g/mol. The molecule has 0 aliphatic carbocycles. The Labute approximate surface area is 129 Å². The molecule has 1 aliphatic rings. The minimum atomic E-state index is -3.68. The van der Waals surface area contributed by atoms with Gasteiger partial charge in [-0.3, -0.25) is 4.79 Å². The zero-order valence-electron chi connectivity index (χ0n) is 11.8. The van der Waals surface area contributed by atoms with Crippen LogP contribution in [0.2, 0.25) is 5.02 Å². The molecule has 1 aliphatic heterocycles. The minimum Gasteiger partial charge on any atom is -0.466 e. The zero-order chi connectivity index (χ0) is 15.5. The Hall–Kier alpha value is -1.11. The highest BCUT2D eigenvalue weighted by Crippen LogP contribution is 2.28. The fourth-order valence-electron chi connectivity index (χ4n) is 2.41. The Kier molecular flexibility index (Phi) is 5.24. The molecular formula is C14H18ClNO4S. The molecule has 5 nitrogen and oxygen atoms in total. The highest BCUT2D eigenvalue weighted by atomic mass is 35.5. The zero-order valence-corrected chi connectivity index (χ0v) is 13.4. The Bertz CT molecular complexity index is 617. The molecule has 0 amide bonds. The number of benzene rings is 1. The molecule has 0 N–H and O–H groups in total. The first kappa shape index (κ1) is 16.3. The Morgan fingerprint density at radius 2 is 2.14 bits per heavy atom. The Morgan fingerprint density at radius 1 is 1.43 bits per heavy atom. The smallest absolute Gasteiger partial charge is 0.310 e. The summed E-state index contributed by atoms with van der Waals surface area (Å²) in [5.41, 5.74) is 0. The third-order valence-electron chi connectivity index (χ3n) is 3.46. The van der Waals surface area contributed by atoms with Crippen molar-refractivity contribution in [1.29, 1.82) is 0 Å². The van der Waals surface area contributed by atoms with Crippen molar-refractivity contribution in [2.75, 3.05) is 19.7 Å². The van der Waals surface area contributed by atoms with E-state index in [0.29, 0.717) is 26.0 Å². The first-order valence-corrected chi connectivity index (χ1v) is 8.70. The summed E-state index contributed by atoms with van der Waals surface area (Å²) >= 11 is 5.98. The summed E-state index contributed by atoms with van der Waals surface area (Å²) in [6.45, 7) is 2.57. The van der Waals surface area contributed by atoms with Gasteiger partial charge in [-0.15, -0.1) is 0 Å². The van der Waals surface area contributed by atoms with Crippen molar-refractivity contribution in [2.24, 2.45) is 5.92 Å². The van der Waals surface area contributed by atoms with E-state index in [-0.39, 0.29) is 22.4 Å². The fraction of sp³-hybridized carbons (Fsp3) is 0.500. The van der Waals surface area contributed by atoms with Gasteiger partial charge in [0.1, 0.15) is 4.90 Å². The van der Waals surface area contributed by atoms with Crippen molar-refractivity contribution < 1.29 is 17.9 Å². The highest BCUT2D eigenvalue weighted by molar-refractivity contribution is 7.89. The number of halogens is 1. The van der Waals surface area contributed by atoms with Gasteiger partial charge in [-0.05, 0) is 31.9 Å². The van der Waals surface area contributed by atoms with Gasteiger partial charge in [0.25, 0.3) is 0 Å². The summed E-state index contributed by atoms with van der Waals surface area (Å²) in [6.07, 6.45) is 1.28. The lowest BCUT2D eigenvalue weighted by molar-refractivity contribution is -0.149. The van der Waals surface area contributed by atoms with Gasteiger partial charge in [0.2, 0.25) is 10.0 Å². The molecule has 21 heavy (non-hydrogen) atoms. The van der Waals surface area contributed by atoms with E-state index >= 15 is 0 Å². The lowest BCUT2D eigenvalue weighted by Gasteiger charge is -2.30. The molecule has 1 aromatic carbocycles. The number of piperidine rings is 1. The molecule has 0 aromatic heterocycles. The molecule has 0 radical (unpaired) electrons. The number of hydrogen-bond donors (Lipinski definition) is 0. The number of carbonyl (C=O) groups excluding carboxylic acids is 1. The van der Waals surface area contributed by atoms with Crippen molar-refractivity contribution in [3.8, 4) is 0 Å². The number of rotatable bonds is 4. The first-order chi connectivity index (χ1) is 9.96. The molecule has 1 atom stereocenters. The minimum absolute atomic E-state index is 0.0798. The maximum Gasteiger partial charge on any atom is 0.310 e. The van der Waals surface area contributed by atoms with Crippen LogP contribution < -0.4 is 0 Å². The lowest BCUT2D eigenvalue weighted by atomic mass is 10.0. The average Bonchev–Trinajstić information content (AvgIpc) is 2.48. The molecule has 0 bridgehead atoms. The maximum absolute atomic E-state index is 12.6. The van der Waals surface area contributed by atoms with E-state index in [4.69, 9.17) is 16.3 Å².